The fourth-order valence-corrected chi connectivity index (χ4v) is 2.54. The van der Waals surface area contributed by atoms with Gasteiger partial charge < -0.3 is 15.2 Å². The number of hydrogen-bond donors (Lipinski definition) is 2. The maximum atomic E-state index is 12.8. The minimum absolute atomic E-state index is 0.190. The molecule has 26 heavy (non-hydrogen) atoms. The number of methoxy groups -OCH3 is 1. The number of aliphatic carboxylic acids is 1. The van der Waals surface area contributed by atoms with Crippen molar-refractivity contribution >= 4 is 11.9 Å². The number of hydrogen-bond acceptors (Lipinski definition) is 4. The molecule has 0 bridgehead atoms. The highest BCUT2D eigenvalue weighted by molar-refractivity contribution is 5.97. The fraction of sp³-hybridized carbons (Fsp3) is 0.421. The average Bonchev–Trinajstić information content (AvgIpc) is 3.05. The summed E-state index contributed by atoms with van der Waals surface area (Å²) in [5.74, 6) is -1.55. The van der Waals surface area contributed by atoms with Crippen LogP contribution in [0.4, 0.5) is 0 Å². The lowest BCUT2D eigenvalue weighted by atomic mass is 9.89. The fourth-order valence-electron chi connectivity index (χ4n) is 2.54. The van der Waals surface area contributed by atoms with E-state index >= 15 is 0 Å². The number of para-hydroxylation sites is 1. The normalized spacial score (nSPS) is 12.6. The zero-order valence-electron chi connectivity index (χ0n) is 15.5. The number of benzene rings is 1. The van der Waals surface area contributed by atoms with Crippen LogP contribution in [-0.4, -0.2) is 46.5 Å². The minimum atomic E-state index is -1.09. The van der Waals surface area contributed by atoms with E-state index in [1.807, 2.05) is 51.1 Å². The molecule has 140 valence electrons. The molecular weight excluding hydrogens is 334 g/mol. The Morgan fingerprint density at radius 2 is 1.92 bits per heavy atom. The summed E-state index contributed by atoms with van der Waals surface area (Å²) in [6.45, 7) is 6.12. The van der Waals surface area contributed by atoms with Crippen LogP contribution < -0.4 is 5.32 Å². The lowest BCUT2D eigenvalue weighted by Gasteiger charge is -2.18. The molecule has 0 radical (unpaired) electrons. The molecule has 0 saturated carbocycles. The Morgan fingerprint density at radius 1 is 1.27 bits per heavy atom. The first-order chi connectivity index (χ1) is 12.2. The van der Waals surface area contributed by atoms with Crippen LogP contribution in [0.25, 0.3) is 5.69 Å². The summed E-state index contributed by atoms with van der Waals surface area (Å²) in [5.41, 5.74) is 1.42. The van der Waals surface area contributed by atoms with Crippen molar-refractivity contribution < 1.29 is 19.4 Å². The highest BCUT2D eigenvalue weighted by Gasteiger charge is 2.29. The Labute approximate surface area is 153 Å². The molecule has 1 atom stereocenters. The van der Waals surface area contributed by atoms with Crippen LogP contribution in [0.5, 0.6) is 0 Å². The first-order valence-corrected chi connectivity index (χ1v) is 8.42. The van der Waals surface area contributed by atoms with Crippen LogP contribution in [0, 0.1) is 0 Å². The zero-order chi connectivity index (χ0) is 19.3. The monoisotopic (exact) mass is 359 g/mol. The molecule has 0 aliphatic carbocycles. The second-order valence-corrected chi connectivity index (χ2v) is 7.07. The number of aromatic nitrogens is 2. The Morgan fingerprint density at radius 3 is 2.46 bits per heavy atom. The highest BCUT2D eigenvalue weighted by Crippen LogP contribution is 2.25. The topological polar surface area (TPSA) is 93.5 Å². The molecule has 0 aliphatic rings. The van der Waals surface area contributed by atoms with E-state index in [9.17, 15) is 14.7 Å². The van der Waals surface area contributed by atoms with Crippen LogP contribution in [0.3, 0.4) is 0 Å². The molecule has 2 N–H and O–H groups in total. The van der Waals surface area contributed by atoms with Gasteiger partial charge in [0, 0.05) is 31.7 Å². The number of carbonyl (C=O) groups is 2. The average molecular weight is 359 g/mol. The van der Waals surface area contributed by atoms with Crippen molar-refractivity contribution in [3.05, 3.63) is 47.8 Å². The van der Waals surface area contributed by atoms with E-state index in [4.69, 9.17) is 4.74 Å². The second kappa shape index (κ2) is 8.14. The molecule has 0 fully saturated rings. The predicted molar refractivity (Wildman–Crippen MR) is 97.6 cm³/mol. The van der Waals surface area contributed by atoms with E-state index < -0.39 is 17.9 Å². The molecule has 7 heteroatoms. The summed E-state index contributed by atoms with van der Waals surface area (Å²) in [5, 5.41) is 16.5. The van der Waals surface area contributed by atoms with Gasteiger partial charge in [-0.05, 0) is 12.1 Å². The quantitative estimate of drug-likeness (QED) is 0.792. The number of rotatable bonds is 7. The Bertz CT molecular complexity index is 763. The predicted octanol–water partition coefficient (Wildman–Crippen LogP) is 2.39. The van der Waals surface area contributed by atoms with Crippen LogP contribution in [-0.2, 0) is 14.9 Å². The Balaban J connectivity index is 2.35. The van der Waals surface area contributed by atoms with Crippen molar-refractivity contribution in [3.8, 4) is 5.69 Å². The minimum Gasteiger partial charge on any atom is -0.480 e. The van der Waals surface area contributed by atoms with Crippen LogP contribution in [0.15, 0.2) is 36.5 Å². The van der Waals surface area contributed by atoms with Crippen LogP contribution in [0.2, 0.25) is 0 Å². The van der Waals surface area contributed by atoms with Gasteiger partial charge in [0.2, 0.25) is 0 Å². The van der Waals surface area contributed by atoms with Gasteiger partial charge in [-0.1, -0.05) is 39.0 Å². The number of nitrogens with zero attached hydrogens (tertiary/aromatic N) is 2. The molecule has 7 nitrogen and oxygen atoms in total. The molecule has 2 aromatic rings. The largest absolute Gasteiger partial charge is 0.480 e. The molecule has 1 aromatic heterocycles. The zero-order valence-corrected chi connectivity index (χ0v) is 15.5. The molecule has 0 spiro atoms. The van der Waals surface area contributed by atoms with Gasteiger partial charge in [-0.25, -0.2) is 9.48 Å². The molecule has 1 aromatic carbocycles. The molecule has 2 rings (SSSR count). The van der Waals surface area contributed by atoms with Gasteiger partial charge in [-0.2, -0.15) is 5.10 Å². The molecular formula is C19H25N3O4. The maximum Gasteiger partial charge on any atom is 0.326 e. The van der Waals surface area contributed by atoms with Gasteiger partial charge in [0.05, 0.1) is 16.9 Å². The Hall–Kier alpha value is -2.67. The van der Waals surface area contributed by atoms with E-state index in [2.05, 4.69) is 10.4 Å². The third-order valence-electron chi connectivity index (χ3n) is 3.90. The van der Waals surface area contributed by atoms with E-state index in [-0.39, 0.29) is 18.4 Å². The third kappa shape index (κ3) is 4.70. The van der Waals surface area contributed by atoms with Gasteiger partial charge in [0.1, 0.15) is 6.04 Å². The summed E-state index contributed by atoms with van der Waals surface area (Å²) < 4.78 is 6.56. The maximum absolute atomic E-state index is 12.8. The summed E-state index contributed by atoms with van der Waals surface area (Å²) in [6.07, 6.45) is 1.83. The summed E-state index contributed by atoms with van der Waals surface area (Å²) in [6, 6.07) is 8.44. The van der Waals surface area contributed by atoms with Crippen molar-refractivity contribution in [1.29, 1.82) is 0 Å². The summed E-state index contributed by atoms with van der Waals surface area (Å²) in [4.78, 5) is 24.2. The van der Waals surface area contributed by atoms with E-state index in [1.54, 1.807) is 10.9 Å². The van der Waals surface area contributed by atoms with E-state index in [1.165, 1.54) is 7.11 Å². The molecule has 1 amide bonds. The standard InChI is InChI=1S/C19H25N3O4/c1-19(2,3)16-14(12-22(21-16)13-8-6-5-7-9-13)17(23)20-15(18(24)25)10-11-26-4/h5-9,12,15H,10-11H2,1-4H3,(H,20,23)(H,24,25). The lowest BCUT2D eigenvalue weighted by Crippen LogP contribution is -2.42. The lowest BCUT2D eigenvalue weighted by molar-refractivity contribution is -0.139. The summed E-state index contributed by atoms with van der Waals surface area (Å²) >= 11 is 0. The number of carboxylic acid groups (broad SMARTS) is 1. The molecule has 1 unspecified atom stereocenters. The van der Waals surface area contributed by atoms with E-state index in [0.717, 1.165) is 5.69 Å². The number of nitrogens with one attached hydrogen (secondary N) is 1. The smallest absolute Gasteiger partial charge is 0.326 e. The molecule has 0 aliphatic heterocycles. The van der Waals surface area contributed by atoms with Crippen molar-refractivity contribution in [2.45, 2.75) is 38.6 Å². The van der Waals surface area contributed by atoms with Gasteiger partial charge >= 0.3 is 5.97 Å². The number of carboxylic acids is 1. The first-order valence-electron chi connectivity index (χ1n) is 8.42. The van der Waals surface area contributed by atoms with Crippen molar-refractivity contribution in [3.63, 3.8) is 0 Å². The van der Waals surface area contributed by atoms with Crippen molar-refractivity contribution in [2.75, 3.05) is 13.7 Å². The third-order valence-corrected chi connectivity index (χ3v) is 3.90. The Kier molecular flexibility index (Phi) is 6.15. The molecule has 0 saturated heterocycles. The number of carbonyl (C=O) groups excluding carboxylic acids is 1. The SMILES string of the molecule is COCCC(NC(=O)c1cn(-c2ccccc2)nc1C(C)(C)C)C(=O)O. The highest BCUT2D eigenvalue weighted by atomic mass is 16.5. The van der Waals surface area contributed by atoms with Crippen LogP contribution >= 0.6 is 0 Å². The van der Waals surface area contributed by atoms with Crippen molar-refractivity contribution in [1.82, 2.24) is 15.1 Å². The van der Waals surface area contributed by atoms with Gasteiger partial charge in [-0.15, -0.1) is 0 Å². The second-order valence-electron chi connectivity index (χ2n) is 7.07. The first kappa shape index (κ1) is 19.7. The van der Waals surface area contributed by atoms with Gasteiger partial charge in [-0.3, -0.25) is 4.79 Å². The number of ether oxygens (including phenoxy) is 1. The van der Waals surface area contributed by atoms with Crippen LogP contribution in [0.1, 0.15) is 43.2 Å². The number of amides is 1. The summed E-state index contributed by atoms with van der Waals surface area (Å²) in [7, 11) is 1.49. The van der Waals surface area contributed by atoms with Gasteiger partial charge in [0.15, 0.2) is 0 Å². The molecule has 1 heterocycles. The van der Waals surface area contributed by atoms with Crippen molar-refractivity contribution in [2.24, 2.45) is 0 Å². The van der Waals surface area contributed by atoms with E-state index in [0.29, 0.717) is 11.3 Å². The van der Waals surface area contributed by atoms with Gasteiger partial charge in [0.25, 0.3) is 5.91 Å².